The summed E-state index contributed by atoms with van der Waals surface area (Å²) < 4.78 is 5.03. The number of aliphatic hydroxyl groups excluding tert-OH is 1. The van der Waals surface area contributed by atoms with Gasteiger partial charge in [-0.15, -0.1) is 12.4 Å². The predicted molar refractivity (Wildman–Crippen MR) is 76.8 cm³/mol. The number of hydrogen-bond donors (Lipinski definition) is 3. The van der Waals surface area contributed by atoms with Crippen molar-refractivity contribution in [3.8, 4) is 11.5 Å². The van der Waals surface area contributed by atoms with Crippen LogP contribution in [0.25, 0.3) is 0 Å². The molecule has 0 aromatic heterocycles. The fourth-order valence-electron chi connectivity index (χ4n) is 2.71. The molecule has 1 aromatic rings. The number of phenols is 1. The molecule has 0 amide bonds. The van der Waals surface area contributed by atoms with E-state index in [0.717, 1.165) is 25.7 Å². The predicted octanol–water partition coefficient (Wildman–Crippen LogP) is 2.37. The molecule has 1 fully saturated rings. The zero-order valence-electron chi connectivity index (χ0n) is 11.1. The van der Waals surface area contributed by atoms with Crippen molar-refractivity contribution >= 4 is 12.4 Å². The molecule has 1 aliphatic rings. The fourth-order valence-corrected chi connectivity index (χ4v) is 2.71. The molecule has 108 valence electrons. The van der Waals surface area contributed by atoms with Gasteiger partial charge >= 0.3 is 0 Å². The van der Waals surface area contributed by atoms with E-state index < -0.39 is 12.1 Å². The molecule has 0 aliphatic heterocycles. The lowest BCUT2D eigenvalue weighted by molar-refractivity contribution is 0.0836. The van der Waals surface area contributed by atoms with Crippen LogP contribution in [0.5, 0.6) is 11.5 Å². The van der Waals surface area contributed by atoms with Crippen LogP contribution in [0.3, 0.4) is 0 Å². The largest absolute Gasteiger partial charge is 0.507 e. The first-order chi connectivity index (χ1) is 8.63. The lowest BCUT2D eigenvalue weighted by Gasteiger charge is -2.25. The van der Waals surface area contributed by atoms with Crippen molar-refractivity contribution in [3.63, 3.8) is 0 Å². The van der Waals surface area contributed by atoms with Crippen molar-refractivity contribution in [1.82, 2.24) is 0 Å². The lowest BCUT2D eigenvalue weighted by atomic mass is 9.90. The highest BCUT2D eigenvalue weighted by Crippen LogP contribution is 2.35. The van der Waals surface area contributed by atoms with Crippen LogP contribution in [0.4, 0.5) is 0 Å². The molecule has 2 atom stereocenters. The van der Waals surface area contributed by atoms with Crippen molar-refractivity contribution in [2.24, 2.45) is 11.7 Å². The summed E-state index contributed by atoms with van der Waals surface area (Å²) in [5.41, 5.74) is 6.64. The maximum atomic E-state index is 10.3. The third-order valence-electron chi connectivity index (χ3n) is 3.85. The van der Waals surface area contributed by atoms with Crippen molar-refractivity contribution in [2.45, 2.75) is 37.8 Å². The molecule has 0 heterocycles. The van der Waals surface area contributed by atoms with Gasteiger partial charge in [-0.25, -0.2) is 0 Å². The van der Waals surface area contributed by atoms with Gasteiger partial charge in [0, 0.05) is 11.6 Å². The van der Waals surface area contributed by atoms with Gasteiger partial charge in [-0.1, -0.05) is 12.8 Å². The monoisotopic (exact) mass is 287 g/mol. The summed E-state index contributed by atoms with van der Waals surface area (Å²) >= 11 is 0. The molecule has 19 heavy (non-hydrogen) atoms. The SMILES string of the molecule is COc1ccc([C@H](N)[C@H](O)C2CCCC2)c(O)c1.Cl. The van der Waals surface area contributed by atoms with E-state index in [4.69, 9.17) is 10.5 Å². The molecular weight excluding hydrogens is 266 g/mol. The Morgan fingerprint density at radius 2 is 1.95 bits per heavy atom. The third kappa shape index (κ3) is 3.53. The van der Waals surface area contributed by atoms with Gasteiger partial charge in [0.25, 0.3) is 0 Å². The first-order valence-corrected chi connectivity index (χ1v) is 6.44. The van der Waals surface area contributed by atoms with Gasteiger partial charge in [-0.3, -0.25) is 0 Å². The molecule has 0 bridgehead atoms. The molecule has 1 saturated carbocycles. The maximum Gasteiger partial charge on any atom is 0.124 e. The Hall–Kier alpha value is -0.970. The fraction of sp³-hybridized carbons (Fsp3) is 0.571. The molecule has 2 rings (SSSR count). The zero-order chi connectivity index (χ0) is 13.1. The van der Waals surface area contributed by atoms with Crippen LogP contribution >= 0.6 is 12.4 Å². The molecule has 4 N–H and O–H groups in total. The van der Waals surface area contributed by atoms with Crippen LogP contribution < -0.4 is 10.5 Å². The molecule has 5 heteroatoms. The smallest absolute Gasteiger partial charge is 0.124 e. The van der Waals surface area contributed by atoms with Crippen LogP contribution in [-0.4, -0.2) is 23.4 Å². The number of aliphatic hydroxyl groups is 1. The first kappa shape index (κ1) is 16.1. The molecular formula is C14H22ClNO3. The van der Waals surface area contributed by atoms with Crippen molar-refractivity contribution < 1.29 is 14.9 Å². The maximum absolute atomic E-state index is 10.3. The number of aromatic hydroxyl groups is 1. The van der Waals surface area contributed by atoms with Gasteiger partial charge in [-0.2, -0.15) is 0 Å². The Labute approximate surface area is 120 Å². The van der Waals surface area contributed by atoms with E-state index in [2.05, 4.69) is 0 Å². The number of phenolic OH excluding ortho intramolecular Hbond substituents is 1. The topological polar surface area (TPSA) is 75.7 Å². The second-order valence-corrected chi connectivity index (χ2v) is 4.99. The summed E-state index contributed by atoms with van der Waals surface area (Å²) in [6.45, 7) is 0. The normalized spacial score (nSPS) is 18.7. The minimum atomic E-state index is -0.591. The van der Waals surface area contributed by atoms with Crippen molar-refractivity contribution in [2.75, 3.05) is 7.11 Å². The third-order valence-corrected chi connectivity index (χ3v) is 3.85. The first-order valence-electron chi connectivity index (χ1n) is 6.44. The highest BCUT2D eigenvalue weighted by Gasteiger charge is 2.29. The Kier molecular flexibility index (Phi) is 5.91. The van der Waals surface area contributed by atoms with Crippen LogP contribution in [0.15, 0.2) is 18.2 Å². The lowest BCUT2D eigenvalue weighted by Crippen LogP contribution is -2.31. The number of hydrogen-bond acceptors (Lipinski definition) is 4. The Morgan fingerprint density at radius 1 is 1.32 bits per heavy atom. The summed E-state index contributed by atoms with van der Waals surface area (Å²) in [7, 11) is 1.54. The second-order valence-electron chi connectivity index (χ2n) is 4.99. The van der Waals surface area contributed by atoms with E-state index in [0.29, 0.717) is 11.3 Å². The zero-order valence-corrected chi connectivity index (χ0v) is 11.9. The minimum absolute atomic E-state index is 0. The number of halogens is 1. The molecule has 0 radical (unpaired) electrons. The summed E-state index contributed by atoms with van der Waals surface area (Å²) in [6.07, 6.45) is 3.76. The van der Waals surface area contributed by atoms with E-state index in [9.17, 15) is 10.2 Å². The number of rotatable bonds is 4. The van der Waals surface area contributed by atoms with E-state index in [1.54, 1.807) is 19.2 Å². The summed E-state index contributed by atoms with van der Waals surface area (Å²) in [5, 5.41) is 20.2. The van der Waals surface area contributed by atoms with Crippen molar-refractivity contribution in [1.29, 1.82) is 0 Å². The van der Waals surface area contributed by atoms with Gasteiger partial charge in [0.15, 0.2) is 0 Å². The van der Waals surface area contributed by atoms with Gasteiger partial charge < -0.3 is 20.7 Å². The van der Waals surface area contributed by atoms with Crippen LogP contribution in [-0.2, 0) is 0 Å². The van der Waals surface area contributed by atoms with Crippen LogP contribution in [0, 0.1) is 5.92 Å². The van der Waals surface area contributed by atoms with E-state index >= 15 is 0 Å². The van der Waals surface area contributed by atoms with Gasteiger partial charge in [0.2, 0.25) is 0 Å². The standard InChI is InChI=1S/C14H21NO3.ClH/c1-18-10-6-7-11(12(16)8-10)13(15)14(17)9-4-2-3-5-9;/h6-9,13-14,16-17H,2-5,15H2,1H3;1H/t13-,14+;/m0./s1. The Balaban J connectivity index is 0.00000180. The van der Waals surface area contributed by atoms with Crippen LogP contribution in [0.1, 0.15) is 37.3 Å². The van der Waals surface area contributed by atoms with Gasteiger partial charge in [-0.05, 0) is 30.9 Å². The summed E-state index contributed by atoms with van der Waals surface area (Å²) in [5.74, 6) is 0.916. The van der Waals surface area contributed by atoms with Gasteiger partial charge in [0.05, 0.1) is 19.3 Å². The van der Waals surface area contributed by atoms with Crippen molar-refractivity contribution in [3.05, 3.63) is 23.8 Å². The molecule has 0 saturated heterocycles. The number of nitrogens with two attached hydrogens (primary N) is 1. The molecule has 1 aliphatic carbocycles. The highest BCUT2D eigenvalue weighted by molar-refractivity contribution is 5.85. The number of benzene rings is 1. The average Bonchev–Trinajstić information content (AvgIpc) is 2.90. The molecule has 0 spiro atoms. The summed E-state index contributed by atoms with van der Waals surface area (Å²) in [4.78, 5) is 0. The summed E-state index contributed by atoms with van der Waals surface area (Å²) in [6, 6.07) is 4.45. The quantitative estimate of drug-likeness (QED) is 0.795. The average molecular weight is 288 g/mol. The number of methoxy groups -OCH3 is 1. The van der Waals surface area contributed by atoms with E-state index in [-0.39, 0.29) is 24.1 Å². The van der Waals surface area contributed by atoms with Crippen LogP contribution in [0.2, 0.25) is 0 Å². The Bertz CT molecular complexity index is 408. The van der Waals surface area contributed by atoms with E-state index in [1.165, 1.54) is 6.07 Å². The number of ether oxygens (including phenoxy) is 1. The minimum Gasteiger partial charge on any atom is -0.507 e. The highest BCUT2D eigenvalue weighted by atomic mass is 35.5. The molecule has 0 unspecified atom stereocenters. The Morgan fingerprint density at radius 3 is 2.47 bits per heavy atom. The van der Waals surface area contributed by atoms with Gasteiger partial charge in [0.1, 0.15) is 11.5 Å². The molecule has 4 nitrogen and oxygen atoms in total. The van der Waals surface area contributed by atoms with E-state index in [1.807, 2.05) is 0 Å². The molecule has 1 aromatic carbocycles. The second kappa shape index (κ2) is 6.98.